The van der Waals surface area contributed by atoms with Crippen LogP contribution in [0.1, 0.15) is 32.1 Å². The number of allylic oxidation sites excluding steroid dienone is 5. The zero-order chi connectivity index (χ0) is 8.93. The zero-order valence-electron chi connectivity index (χ0n) is 7.92. The summed E-state index contributed by atoms with van der Waals surface area (Å²) in [4.78, 5) is 0. The van der Waals surface area contributed by atoms with Crippen molar-refractivity contribution in [3.05, 3.63) is 36.2 Å². The van der Waals surface area contributed by atoms with Gasteiger partial charge in [0.1, 0.15) is 0 Å². The second-order valence-electron chi connectivity index (χ2n) is 3.77. The third-order valence-electron chi connectivity index (χ3n) is 2.84. The Bertz CT molecular complexity index is 242. The summed E-state index contributed by atoms with van der Waals surface area (Å²) in [5.74, 6) is 0.759. The average Bonchev–Trinajstić information content (AvgIpc) is 2.47. The van der Waals surface area contributed by atoms with Gasteiger partial charge in [0.2, 0.25) is 0 Å². The Kier molecular flexibility index (Phi) is 2.86. The first-order chi connectivity index (χ1) is 6.47. The quantitative estimate of drug-likeness (QED) is 0.644. The predicted molar refractivity (Wildman–Crippen MR) is 54.7 cm³/mol. The van der Waals surface area contributed by atoms with Crippen molar-refractivity contribution in [1.29, 1.82) is 0 Å². The highest BCUT2D eigenvalue weighted by molar-refractivity contribution is 5.20. The van der Waals surface area contributed by atoms with Crippen LogP contribution in [0.3, 0.4) is 0 Å². The third-order valence-corrected chi connectivity index (χ3v) is 2.84. The van der Waals surface area contributed by atoms with E-state index in [2.05, 4.69) is 23.5 Å². The van der Waals surface area contributed by atoms with Crippen molar-refractivity contribution in [2.24, 2.45) is 5.92 Å². The molecule has 1 heterocycles. The van der Waals surface area contributed by atoms with E-state index in [9.17, 15) is 0 Å². The van der Waals surface area contributed by atoms with Crippen LogP contribution < -0.4 is 5.32 Å². The van der Waals surface area contributed by atoms with Crippen LogP contribution in [-0.2, 0) is 0 Å². The van der Waals surface area contributed by atoms with Crippen LogP contribution in [0.2, 0.25) is 0 Å². The first-order valence-corrected chi connectivity index (χ1v) is 5.18. The van der Waals surface area contributed by atoms with Gasteiger partial charge in [-0.1, -0.05) is 31.4 Å². The molecule has 1 nitrogen and oxygen atoms in total. The van der Waals surface area contributed by atoms with Crippen molar-refractivity contribution in [1.82, 2.24) is 5.32 Å². The van der Waals surface area contributed by atoms with Gasteiger partial charge < -0.3 is 5.32 Å². The minimum absolute atomic E-state index is 0.759. The second-order valence-corrected chi connectivity index (χ2v) is 3.77. The molecule has 0 spiro atoms. The zero-order valence-corrected chi connectivity index (χ0v) is 7.92. The van der Waals surface area contributed by atoms with E-state index in [-0.39, 0.29) is 0 Å². The third kappa shape index (κ3) is 2.24. The second kappa shape index (κ2) is 4.31. The van der Waals surface area contributed by atoms with Crippen molar-refractivity contribution < 1.29 is 0 Å². The monoisotopic (exact) mass is 174 g/mol. The number of hydrogen-bond acceptors (Lipinski definition) is 1. The van der Waals surface area contributed by atoms with Gasteiger partial charge in [-0.15, -0.1) is 0 Å². The SMILES string of the molecule is [C]1=CNC(C2CCCCC2)=CC=C1. The summed E-state index contributed by atoms with van der Waals surface area (Å²) in [5, 5.41) is 3.31. The van der Waals surface area contributed by atoms with E-state index in [1.807, 2.05) is 12.3 Å². The van der Waals surface area contributed by atoms with E-state index in [0.29, 0.717) is 0 Å². The normalized spacial score (nSPS) is 23.5. The Morgan fingerprint density at radius 3 is 2.92 bits per heavy atom. The molecule has 0 aromatic rings. The van der Waals surface area contributed by atoms with Gasteiger partial charge in [-0.3, -0.25) is 0 Å². The Hall–Kier alpha value is -0.980. The Morgan fingerprint density at radius 2 is 2.08 bits per heavy atom. The van der Waals surface area contributed by atoms with E-state index in [0.717, 1.165) is 5.92 Å². The minimum Gasteiger partial charge on any atom is -0.364 e. The van der Waals surface area contributed by atoms with Crippen LogP contribution in [-0.4, -0.2) is 0 Å². The van der Waals surface area contributed by atoms with E-state index in [1.165, 1.54) is 37.8 Å². The molecule has 1 radical (unpaired) electrons. The van der Waals surface area contributed by atoms with E-state index in [1.54, 1.807) is 0 Å². The lowest BCUT2D eigenvalue weighted by molar-refractivity contribution is 0.393. The largest absolute Gasteiger partial charge is 0.364 e. The summed E-state index contributed by atoms with van der Waals surface area (Å²) in [6.45, 7) is 0. The number of nitrogens with one attached hydrogen (secondary N) is 1. The Morgan fingerprint density at radius 1 is 1.23 bits per heavy atom. The maximum absolute atomic E-state index is 3.31. The van der Waals surface area contributed by atoms with Gasteiger partial charge in [-0.05, 0) is 30.9 Å². The topological polar surface area (TPSA) is 12.0 Å². The molecule has 69 valence electrons. The highest BCUT2D eigenvalue weighted by Gasteiger charge is 2.16. The molecular formula is C12H16N. The van der Waals surface area contributed by atoms with Crippen molar-refractivity contribution in [3.8, 4) is 0 Å². The van der Waals surface area contributed by atoms with Gasteiger partial charge in [0.15, 0.2) is 0 Å². The maximum Gasteiger partial charge on any atom is 0.0178 e. The molecule has 0 bridgehead atoms. The van der Waals surface area contributed by atoms with E-state index in [4.69, 9.17) is 0 Å². The molecule has 13 heavy (non-hydrogen) atoms. The summed E-state index contributed by atoms with van der Waals surface area (Å²) < 4.78 is 0. The minimum atomic E-state index is 0.759. The summed E-state index contributed by atoms with van der Waals surface area (Å²) in [6, 6.07) is 0. The summed E-state index contributed by atoms with van der Waals surface area (Å²) in [5.41, 5.74) is 1.38. The molecule has 1 aliphatic carbocycles. The maximum atomic E-state index is 3.31. The standard InChI is InChI=1S/C12H16N/c1-3-7-11(8-4-1)12-9-5-2-6-10-13-12/h2,5,9-11,13H,1,3-4,7-8H2. The molecule has 1 fully saturated rings. The summed E-state index contributed by atoms with van der Waals surface area (Å²) >= 11 is 0. The Balaban J connectivity index is 2.01. The molecule has 0 saturated heterocycles. The van der Waals surface area contributed by atoms with E-state index >= 15 is 0 Å². The predicted octanol–water partition coefficient (Wildman–Crippen LogP) is 2.93. The molecule has 0 aromatic heterocycles. The van der Waals surface area contributed by atoms with Crippen molar-refractivity contribution >= 4 is 0 Å². The molecular weight excluding hydrogens is 158 g/mol. The van der Waals surface area contributed by atoms with E-state index < -0.39 is 0 Å². The highest BCUT2D eigenvalue weighted by Crippen LogP contribution is 2.28. The molecule has 1 saturated carbocycles. The molecule has 2 rings (SSSR count). The number of rotatable bonds is 1. The summed E-state index contributed by atoms with van der Waals surface area (Å²) in [6.07, 6.45) is 18.1. The lowest BCUT2D eigenvalue weighted by Crippen LogP contribution is -2.17. The average molecular weight is 174 g/mol. The van der Waals surface area contributed by atoms with Crippen LogP contribution in [0.15, 0.2) is 30.1 Å². The van der Waals surface area contributed by atoms with Crippen molar-refractivity contribution in [2.75, 3.05) is 0 Å². The van der Waals surface area contributed by atoms with Crippen LogP contribution in [0.5, 0.6) is 0 Å². The fraction of sp³-hybridized carbons (Fsp3) is 0.500. The van der Waals surface area contributed by atoms with Gasteiger partial charge in [-0.2, -0.15) is 0 Å². The first-order valence-electron chi connectivity index (χ1n) is 5.18. The molecule has 0 amide bonds. The number of hydrogen-bond donors (Lipinski definition) is 1. The van der Waals surface area contributed by atoms with Crippen LogP contribution in [0.4, 0.5) is 0 Å². The lowest BCUT2D eigenvalue weighted by atomic mass is 9.86. The van der Waals surface area contributed by atoms with Crippen LogP contribution >= 0.6 is 0 Å². The molecule has 2 aliphatic rings. The molecule has 1 N–H and O–H groups in total. The molecule has 1 aliphatic heterocycles. The van der Waals surface area contributed by atoms with Crippen LogP contribution in [0, 0.1) is 12.0 Å². The molecule has 1 heteroatoms. The van der Waals surface area contributed by atoms with Gasteiger partial charge in [0, 0.05) is 11.9 Å². The van der Waals surface area contributed by atoms with Gasteiger partial charge in [-0.25, -0.2) is 0 Å². The molecule has 0 aromatic carbocycles. The first kappa shape index (κ1) is 8.61. The van der Waals surface area contributed by atoms with Gasteiger partial charge in [0.05, 0.1) is 0 Å². The highest BCUT2D eigenvalue weighted by atomic mass is 14.9. The fourth-order valence-corrected chi connectivity index (χ4v) is 2.10. The lowest BCUT2D eigenvalue weighted by Gasteiger charge is -2.23. The van der Waals surface area contributed by atoms with Gasteiger partial charge in [0.25, 0.3) is 0 Å². The van der Waals surface area contributed by atoms with Crippen molar-refractivity contribution in [2.45, 2.75) is 32.1 Å². The Labute approximate surface area is 80.2 Å². The van der Waals surface area contributed by atoms with Crippen LogP contribution in [0.25, 0.3) is 0 Å². The molecule has 0 atom stereocenters. The molecule has 0 unspecified atom stereocenters. The smallest absolute Gasteiger partial charge is 0.0178 e. The fourth-order valence-electron chi connectivity index (χ4n) is 2.10. The van der Waals surface area contributed by atoms with Crippen molar-refractivity contribution in [3.63, 3.8) is 0 Å². The van der Waals surface area contributed by atoms with Gasteiger partial charge >= 0.3 is 0 Å². The summed E-state index contributed by atoms with van der Waals surface area (Å²) in [7, 11) is 0.